The highest BCUT2D eigenvalue weighted by atomic mass is 79.9. The number of hydrogen-bond donors (Lipinski definition) is 1. The Kier molecular flexibility index (Phi) is 27.4. The molecule has 6 aromatic carbocycles. The molecule has 0 fully saturated rings. The summed E-state index contributed by atoms with van der Waals surface area (Å²) in [4.78, 5) is 74.3. The number of aromatic nitrogens is 6. The fourth-order valence-electron chi connectivity index (χ4n) is 10.2. The highest BCUT2D eigenvalue weighted by molar-refractivity contribution is 9.10. The summed E-state index contributed by atoms with van der Waals surface area (Å²) in [6.45, 7) is 30.9. The van der Waals surface area contributed by atoms with Crippen molar-refractivity contribution in [1.29, 1.82) is 0 Å². The minimum Gasteiger partial charge on any atom is -0.465 e. The van der Waals surface area contributed by atoms with E-state index in [1.165, 1.54) is 45.7 Å². The van der Waals surface area contributed by atoms with Gasteiger partial charge in [-0.05, 0) is 179 Å². The fourth-order valence-corrected chi connectivity index (χ4v) is 10.7. The lowest BCUT2D eigenvalue weighted by Crippen LogP contribution is -2.24. The lowest BCUT2D eigenvalue weighted by molar-refractivity contribution is 0.00578. The Bertz CT molecular complexity index is 4520. The molecule has 0 saturated carbocycles. The van der Waals surface area contributed by atoms with Crippen molar-refractivity contribution >= 4 is 64.8 Å². The number of nitrogens with zero attached hydrogens (tertiary/aromatic N) is 7. The average Bonchev–Trinajstić information content (AvgIpc) is 1.34. The second kappa shape index (κ2) is 35.6. The zero-order valence-electron chi connectivity index (χ0n) is 59.4. The third kappa shape index (κ3) is 20.7. The van der Waals surface area contributed by atoms with Crippen molar-refractivity contribution in [2.75, 3.05) is 19.8 Å². The number of benzene rings is 6. The van der Waals surface area contributed by atoms with Crippen LogP contribution < -0.4 is 14.2 Å². The summed E-state index contributed by atoms with van der Waals surface area (Å²) < 4.78 is 84.3. The van der Waals surface area contributed by atoms with Crippen LogP contribution in [0.5, 0.6) is 18.0 Å². The van der Waals surface area contributed by atoms with E-state index in [1.54, 1.807) is 176 Å². The lowest BCUT2D eigenvalue weighted by Gasteiger charge is -2.20. The Labute approximate surface area is 600 Å². The Balaban J connectivity index is 0.000000215. The highest BCUT2D eigenvalue weighted by Gasteiger charge is 2.27. The molecule has 3 heterocycles. The van der Waals surface area contributed by atoms with Crippen LogP contribution in [0, 0.1) is 17.5 Å². The zero-order valence-corrected chi connectivity index (χ0v) is 61.0. The van der Waals surface area contributed by atoms with E-state index < -0.39 is 52.2 Å². The van der Waals surface area contributed by atoms with Crippen molar-refractivity contribution in [2.45, 2.75) is 139 Å². The minimum atomic E-state index is -0.651. The molecule has 0 spiro atoms. The summed E-state index contributed by atoms with van der Waals surface area (Å²) in [5.74, 6) is -2.85. The first-order valence-electron chi connectivity index (χ1n) is 33.0. The monoisotopic (exact) mass is 1460 g/mol. The van der Waals surface area contributed by atoms with Gasteiger partial charge in [-0.3, -0.25) is 23.3 Å². The quantitative estimate of drug-likeness (QED) is 0.0133. The van der Waals surface area contributed by atoms with Crippen LogP contribution in [-0.4, -0.2) is 107 Å². The molecule has 0 amide bonds. The fraction of sp³-hybridized carbons (Fsp3) is 0.304. The van der Waals surface area contributed by atoms with Crippen LogP contribution in [0.1, 0.15) is 188 Å². The van der Waals surface area contributed by atoms with E-state index in [4.69, 9.17) is 33.6 Å². The summed E-state index contributed by atoms with van der Waals surface area (Å²) in [6, 6.07) is 35.8. The van der Waals surface area contributed by atoms with Crippen LogP contribution >= 0.6 is 15.9 Å². The van der Waals surface area contributed by atoms with E-state index in [2.05, 4.69) is 49.2 Å². The van der Waals surface area contributed by atoms with Gasteiger partial charge in [0.15, 0.2) is 12.6 Å². The highest BCUT2D eigenvalue weighted by Crippen LogP contribution is 2.34. The second-order valence-electron chi connectivity index (χ2n) is 26.2. The number of esters is 3. The third-order valence-electron chi connectivity index (χ3n) is 14.7. The molecule has 0 saturated heterocycles. The lowest BCUT2D eigenvalue weighted by atomic mass is 9.98. The molecule has 9 rings (SSSR count). The van der Waals surface area contributed by atoms with Crippen molar-refractivity contribution in [3.8, 4) is 51.4 Å². The number of oxime groups is 1. The molecule has 0 bridgehead atoms. The van der Waals surface area contributed by atoms with Gasteiger partial charge >= 0.3 is 17.9 Å². The minimum absolute atomic E-state index is 0.0494. The van der Waals surface area contributed by atoms with Crippen molar-refractivity contribution < 1.29 is 70.8 Å². The van der Waals surface area contributed by atoms with Gasteiger partial charge in [0.1, 0.15) is 50.2 Å². The number of rotatable bonds is 26. The van der Waals surface area contributed by atoms with Gasteiger partial charge < -0.3 is 33.6 Å². The SMILES string of the molecule is C=Cc1nc(OCCC)n(Cc2ccc(-c3ccccc3C(=O)OC(C)(C)C)cc2F)c1/C=N\O.C=Cc1nc(OCCC)n(Cc2ccc(-c3ccccc3C(=O)OC(C)(C)C)cc2F)c1C=O.CCCOc1nc(Br)c(C=O)n1Cc1ccc(-c2ccccc2C(=O)OC(C)(C)C)cc1F. The van der Waals surface area contributed by atoms with Gasteiger partial charge in [-0.25, -0.2) is 27.6 Å². The zero-order chi connectivity index (χ0) is 74.6. The first-order chi connectivity index (χ1) is 48.5. The molecule has 0 radical (unpaired) electrons. The number of ether oxygens (including phenoxy) is 6. The smallest absolute Gasteiger partial charge is 0.339 e. The van der Waals surface area contributed by atoms with Crippen LogP contribution in [0.2, 0.25) is 0 Å². The molecule has 0 atom stereocenters. The van der Waals surface area contributed by atoms with Gasteiger partial charge in [0.25, 0.3) is 18.0 Å². The Hall–Kier alpha value is -10.7. The van der Waals surface area contributed by atoms with Gasteiger partial charge in [0.2, 0.25) is 0 Å². The molecule has 102 heavy (non-hydrogen) atoms. The van der Waals surface area contributed by atoms with E-state index in [1.807, 2.05) is 20.8 Å². The van der Waals surface area contributed by atoms with Gasteiger partial charge in [-0.1, -0.05) is 130 Å². The van der Waals surface area contributed by atoms with E-state index in [9.17, 15) is 24.0 Å². The molecule has 0 unspecified atom stereocenters. The Morgan fingerprint density at radius 1 is 0.480 bits per heavy atom. The summed E-state index contributed by atoms with van der Waals surface area (Å²) in [5, 5.41) is 12.2. The normalized spacial score (nSPS) is 11.4. The molecule has 0 aliphatic heterocycles. The molecule has 9 aromatic rings. The van der Waals surface area contributed by atoms with Gasteiger partial charge in [-0.2, -0.15) is 15.0 Å². The van der Waals surface area contributed by atoms with Crippen molar-refractivity contribution in [3.05, 3.63) is 224 Å². The number of carbonyl (C=O) groups is 5. The number of carbonyl (C=O) groups excluding carboxylic acids is 5. The molecule has 1 N–H and O–H groups in total. The second-order valence-corrected chi connectivity index (χ2v) is 26.9. The summed E-state index contributed by atoms with van der Waals surface area (Å²) >= 11 is 3.26. The number of imidazole rings is 3. The molecule has 3 aromatic heterocycles. The van der Waals surface area contributed by atoms with Crippen LogP contribution in [0.3, 0.4) is 0 Å². The molecular weight excluding hydrogens is 1380 g/mol. The first-order valence-corrected chi connectivity index (χ1v) is 33.8. The van der Waals surface area contributed by atoms with Gasteiger partial charge in [0.05, 0.1) is 79.4 Å². The Morgan fingerprint density at radius 3 is 1.08 bits per heavy atom. The van der Waals surface area contributed by atoms with E-state index in [-0.39, 0.29) is 49.1 Å². The largest absolute Gasteiger partial charge is 0.465 e. The molecular formula is C79H85BrF3N7O12. The standard InChI is InChI=1S/C27H30FN3O4.C27H29FN2O4.C25H26BrFN2O4/c1-6-14-34-26-30-23(7-2)24(16-29-33)31(26)17-19-13-12-18(15-22(19)28)20-10-8-9-11-21(20)25(32)35-27(3,4)5;1-6-14-33-26-29-23(7-2)24(17-31)30(26)16-19-13-12-18(15-22(19)28)20-10-8-9-11-21(20)25(32)34-27(3,4)5;1-5-12-32-24-28-22(26)21(15-30)29(24)14-17-11-10-16(13-20(17)27)18-8-6-7-9-19(18)23(31)33-25(2,3)4/h7-13,15-16,33H,2,6,14,17H2,1,3-5H3;7-13,15,17H,2,6,14,16H2,1,3-5H3;6-11,13,15H,5,12,14H2,1-4H3/b29-16-;;. The molecule has 536 valence electrons. The van der Waals surface area contributed by atoms with Gasteiger partial charge in [0, 0.05) is 16.7 Å². The molecule has 0 aliphatic rings. The number of hydrogen-bond acceptors (Lipinski definition) is 16. The van der Waals surface area contributed by atoms with Crippen molar-refractivity contribution in [2.24, 2.45) is 5.16 Å². The van der Waals surface area contributed by atoms with Gasteiger partial charge in [-0.15, -0.1) is 0 Å². The summed E-state index contributed by atoms with van der Waals surface area (Å²) in [6.07, 6.45) is 7.79. The van der Waals surface area contributed by atoms with Crippen molar-refractivity contribution in [1.82, 2.24) is 28.7 Å². The number of halogens is 4. The molecule has 19 nitrogen and oxygen atoms in total. The maximum absolute atomic E-state index is 15.3. The Morgan fingerprint density at radius 2 is 0.784 bits per heavy atom. The predicted molar refractivity (Wildman–Crippen MR) is 390 cm³/mol. The first kappa shape index (κ1) is 78.7. The predicted octanol–water partition coefficient (Wildman–Crippen LogP) is 17.9. The maximum Gasteiger partial charge on any atom is 0.339 e. The molecule has 23 heteroatoms. The van der Waals surface area contributed by atoms with Crippen molar-refractivity contribution in [3.63, 3.8) is 0 Å². The van der Waals surface area contributed by atoms with E-state index in [0.717, 1.165) is 19.3 Å². The van der Waals surface area contributed by atoms with Crippen LogP contribution in [-0.2, 0) is 33.8 Å². The van der Waals surface area contributed by atoms with Crippen LogP contribution in [0.4, 0.5) is 13.2 Å². The molecule has 0 aliphatic carbocycles. The van der Waals surface area contributed by atoms with Crippen LogP contribution in [0.25, 0.3) is 45.5 Å². The van der Waals surface area contributed by atoms with E-state index in [0.29, 0.717) is 121 Å². The maximum atomic E-state index is 15.3. The summed E-state index contributed by atoms with van der Waals surface area (Å²) in [5.41, 5.74) is 5.33. The van der Waals surface area contributed by atoms with E-state index >= 15 is 13.2 Å². The summed E-state index contributed by atoms with van der Waals surface area (Å²) in [7, 11) is 0. The third-order valence-corrected chi connectivity index (χ3v) is 15.3. The topological polar surface area (TPSA) is 227 Å². The number of aldehydes is 2. The van der Waals surface area contributed by atoms with Crippen LogP contribution in [0.15, 0.2) is 150 Å². The average molecular weight is 1460 g/mol.